The second-order valence-electron chi connectivity index (χ2n) is 4.61. The molecular formula is C16H17Cl2NO. The number of hydrogen-bond acceptors (Lipinski definition) is 2. The summed E-state index contributed by atoms with van der Waals surface area (Å²) in [6.45, 7) is 2.06. The lowest BCUT2D eigenvalue weighted by Crippen LogP contribution is -2.19. The minimum atomic E-state index is -0.00731. The Morgan fingerprint density at radius 3 is 2.40 bits per heavy atom. The summed E-state index contributed by atoms with van der Waals surface area (Å²) < 4.78 is 5.24. The van der Waals surface area contributed by atoms with Gasteiger partial charge in [0, 0.05) is 10.0 Å². The predicted molar refractivity (Wildman–Crippen MR) is 85.1 cm³/mol. The van der Waals surface area contributed by atoms with Crippen LogP contribution in [0, 0.1) is 6.92 Å². The molecule has 2 rings (SSSR count). The van der Waals surface area contributed by atoms with E-state index in [9.17, 15) is 0 Å². The molecule has 0 aliphatic heterocycles. The van der Waals surface area contributed by atoms with E-state index in [1.807, 2.05) is 37.4 Å². The van der Waals surface area contributed by atoms with Crippen molar-refractivity contribution in [3.8, 4) is 5.75 Å². The van der Waals surface area contributed by atoms with Gasteiger partial charge in [-0.1, -0.05) is 29.3 Å². The molecule has 20 heavy (non-hydrogen) atoms. The van der Waals surface area contributed by atoms with Crippen LogP contribution in [0.25, 0.3) is 0 Å². The van der Waals surface area contributed by atoms with E-state index in [1.54, 1.807) is 13.2 Å². The second kappa shape index (κ2) is 6.49. The molecule has 2 nitrogen and oxygen atoms in total. The van der Waals surface area contributed by atoms with Crippen LogP contribution in [0.3, 0.4) is 0 Å². The summed E-state index contributed by atoms with van der Waals surface area (Å²) in [5.41, 5.74) is 3.26. The first-order chi connectivity index (χ1) is 9.56. The number of nitrogens with one attached hydrogen (secondary N) is 1. The molecule has 2 aromatic carbocycles. The van der Waals surface area contributed by atoms with E-state index >= 15 is 0 Å². The van der Waals surface area contributed by atoms with Crippen LogP contribution in [0.2, 0.25) is 10.0 Å². The summed E-state index contributed by atoms with van der Waals surface area (Å²) in [6.07, 6.45) is 0. The Kier molecular flexibility index (Phi) is 4.92. The van der Waals surface area contributed by atoms with Crippen molar-refractivity contribution in [1.29, 1.82) is 0 Å². The van der Waals surface area contributed by atoms with Gasteiger partial charge in [-0.3, -0.25) is 0 Å². The van der Waals surface area contributed by atoms with E-state index in [0.29, 0.717) is 10.0 Å². The lowest BCUT2D eigenvalue weighted by atomic mass is 9.95. The van der Waals surface area contributed by atoms with Crippen molar-refractivity contribution in [1.82, 2.24) is 5.32 Å². The van der Waals surface area contributed by atoms with Crippen molar-refractivity contribution in [2.45, 2.75) is 13.0 Å². The predicted octanol–water partition coefficient (Wildman–Crippen LogP) is 4.62. The molecule has 1 N–H and O–H groups in total. The zero-order chi connectivity index (χ0) is 14.7. The summed E-state index contributed by atoms with van der Waals surface area (Å²) in [7, 11) is 3.57. The molecule has 1 unspecified atom stereocenters. The molecule has 0 aliphatic carbocycles. The van der Waals surface area contributed by atoms with Crippen molar-refractivity contribution < 1.29 is 4.74 Å². The van der Waals surface area contributed by atoms with Gasteiger partial charge in [-0.05, 0) is 61.0 Å². The van der Waals surface area contributed by atoms with Crippen molar-refractivity contribution >= 4 is 23.2 Å². The second-order valence-corrected chi connectivity index (χ2v) is 5.45. The number of rotatable bonds is 4. The van der Waals surface area contributed by atoms with Crippen molar-refractivity contribution in [2.75, 3.05) is 14.2 Å². The average Bonchev–Trinajstić information content (AvgIpc) is 2.44. The topological polar surface area (TPSA) is 21.3 Å². The van der Waals surface area contributed by atoms with Crippen molar-refractivity contribution in [2.24, 2.45) is 0 Å². The Morgan fingerprint density at radius 1 is 1.05 bits per heavy atom. The van der Waals surface area contributed by atoms with Gasteiger partial charge in [0.25, 0.3) is 0 Å². The summed E-state index contributed by atoms with van der Waals surface area (Å²) in [4.78, 5) is 0. The van der Waals surface area contributed by atoms with Crippen LogP contribution in [-0.2, 0) is 0 Å². The highest BCUT2D eigenvalue weighted by Gasteiger charge is 2.17. The van der Waals surface area contributed by atoms with E-state index in [2.05, 4.69) is 12.2 Å². The summed E-state index contributed by atoms with van der Waals surface area (Å²) >= 11 is 12.4. The Bertz CT molecular complexity index is 613. The summed E-state index contributed by atoms with van der Waals surface area (Å²) in [5.74, 6) is 0.846. The quantitative estimate of drug-likeness (QED) is 0.890. The zero-order valence-electron chi connectivity index (χ0n) is 11.7. The first-order valence-corrected chi connectivity index (χ1v) is 7.09. The third-order valence-electron chi connectivity index (χ3n) is 3.35. The van der Waals surface area contributed by atoms with Crippen LogP contribution in [0.4, 0.5) is 0 Å². The Hall–Kier alpha value is -1.22. The molecule has 0 saturated carbocycles. The number of benzene rings is 2. The van der Waals surface area contributed by atoms with Gasteiger partial charge in [-0.2, -0.15) is 0 Å². The van der Waals surface area contributed by atoms with Crippen LogP contribution in [0.5, 0.6) is 5.75 Å². The fourth-order valence-electron chi connectivity index (χ4n) is 2.31. The first kappa shape index (κ1) is 15.2. The molecule has 0 aromatic heterocycles. The SMILES string of the molecule is CNC(c1ccc(OC)cc1C)c1cc(Cl)ccc1Cl. The van der Waals surface area contributed by atoms with Crippen LogP contribution in [0.15, 0.2) is 36.4 Å². The molecule has 0 radical (unpaired) electrons. The van der Waals surface area contributed by atoms with Gasteiger partial charge < -0.3 is 10.1 Å². The Balaban J connectivity index is 2.49. The standard InChI is InChI=1S/C16H17Cl2NO/c1-10-8-12(20-3)5-6-13(10)16(19-2)14-9-11(17)4-7-15(14)18/h4-9,16,19H,1-3H3. The average molecular weight is 310 g/mol. The van der Waals surface area contributed by atoms with E-state index < -0.39 is 0 Å². The molecule has 0 aliphatic rings. The molecule has 0 saturated heterocycles. The molecular weight excluding hydrogens is 293 g/mol. The van der Waals surface area contributed by atoms with Gasteiger partial charge in [0.05, 0.1) is 13.2 Å². The summed E-state index contributed by atoms with van der Waals surface area (Å²) in [6, 6.07) is 11.5. The van der Waals surface area contributed by atoms with E-state index in [0.717, 1.165) is 22.4 Å². The third kappa shape index (κ3) is 3.09. The van der Waals surface area contributed by atoms with Crippen LogP contribution < -0.4 is 10.1 Å². The lowest BCUT2D eigenvalue weighted by Gasteiger charge is -2.21. The highest BCUT2D eigenvalue weighted by Crippen LogP contribution is 2.33. The number of methoxy groups -OCH3 is 1. The van der Waals surface area contributed by atoms with Gasteiger partial charge in [0.15, 0.2) is 0 Å². The molecule has 0 amide bonds. The van der Waals surface area contributed by atoms with Crippen LogP contribution in [0.1, 0.15) is 22.7 Å². The van der Waals surface area contributed by atoms with Gasteiger partial charge in [-0.25, -0.2) is 0 Å². The molecule has 106 valence electrons. The molecule has 2 aromatic rings. The highest BCUT2D eigenvalue weighted by molar-refractivity contribution is 6.33. The normalized spacial score (nSPS) is 12.2. The highest BCUT2D eigenvalue weighted by atomic mass is 35.5. The lowest BCUT2D eigenvalue weighted by molar-refractivity contribution is 0.414. The van der Waals surface area contributed by atoms with Gasteiger partial charge >= 0.3 is 0 Å². The molecule has 4 heteroatoms. The van der Waals surface area contributed by atoms with Gasteiger partial charge in [-0.15, -0.1) is 0 Å². The van der Waals surface area contributed by atoms with E-state index in [-0.39, 0.29) is 6.04 Å². The monoisotopic (exact) mass is 309 g/mol. The molecule has 0 bridgehead atoms. The Labute approximate surface area is 129 Å². The molecule has 0 spiro atoms. The molecule has 0 fully saturated rings. The van der Waals surface area contributed by atoms with Crippen LogP contribution >= 0.6 is 23.2 Å². The van der Waals surface area contributed by atoms with Crippen LogP contribution in [-0.4, -0.2) is 14.2 Å². The number of hydrogen-bond donors (Lipinski definition) is 1. The fourth-order valence-corrected chi connectivity index (χ4v) is 2.72. The maximum absolute atomic E-state index is 6.31. The zero-order valence-corrected chi connectivity index (χ0v) is 13.2. The maximum Gasteiger partial charge on any atom is 0.119 e. The van der Waals surface area contributed by atoms with Crippen molar-refractivity contribution in [3.05, 3.63) is 63.1 Å². The first-order valence-electron chi connectivity index (χ1n) is 6.33. The third-order valence-corrected chi connectivity index (χ3v) is 3.92. The number of halogens is 2. The van der Waals surface area contributed by atoms with Crippen molar-refractivity contribution in [3.63, 3.8) is 0 Å². The summed E-state index contributed by atoms with van der Waals surface area (Å²) in [5, 5.41) is 4.67. The van der Waals surface area contributed by atoms with Gasteiger partial charge in [0.2, 0.25) is 0 Å². The Morgan fingerprint density at radius 2 is 1.80 bits per heavy atom. The molecule has 0 heterocycles. The largest absolute Gasteiger partial charge is 0.497 e. The number of aryl methyl sites for hydroxylation is 1. The fraction of sp³-hybridized carbons (Fsp3) is 0.250. The molecule has 1 atom stereocenters. The number of ether oxygens (including phenoxy) is 1. The minimum absolute atomic E-state index is 0.00731. The minimum Gasteiger partial charge on any atom is -0.497 e. The smallest absolute Gasteiger partial charge is 0.119 e. The maximum atomic E-state index is 6.31. The van der Waals surface area contributed by atoms with E-state index in [4.69, 9.17) is 27.9 Å². The van der Waals surface area contributed by atoms with Gasteiger partial charge in [0.1, 0.15) is 5.75 Å². The van der Waals surface area contributed by atoms with E-state index in [1.165, 1.54) is 0 Å².